The van der Waals surface area contributed by atoms with Crippen LogP contribution in [0.15, 0.2) is 24.7 Å². The van der Waals surface area contributed by atoms with Gasteiger partial charge in [-0.15, -0.1) is 0 Å². The number of nitriles is 1. The second-order valence-electron chi connectivity index (χ2n) is 3.45. The molecular weight excluding hydrogens is 260 g/mol. The highest BCUT2D eigenvalue weighted by molar-refractivity contribution is 5.66. The molecule has 0 atom stereocenters. The van der Waals surface area contributed by atoms with Crippen molar-refractivity contribution in [3.05, 3.63) is 40.3 Å². The van der Waals surface area contributed by atoms with Crippen molar-refractivity contribution in [1.82, 2.24) is 14.8 Å². The SMILES string of the molecule is N#Cc1cc([N+](=O)[O-])cnc1-c1cnn(C(F)F)c1. The van der Waals surface area contributed by atoms with E-state index in [0.29, 0.717) is 4.68 Å². The van der Waals surface area contributed by atoms with Gasteiger partial charge in [0, 0.05) is 17.8 Å². The molecule has 0 unspecified atom stereocenters. The Labute approximate surface area is 104 Å². The lowest BCUT2D eigenvalue weighted by atomic mass is 10.1. The summed E-state index contributed by atoms with van der Waals surface area (Å²) < 4.78 is 25.2. The molecule has 96 valence electrons. The van der Waals surface area contributed by atoms with Gasteiger partial charge in [0.25, 0.3) is 5.69 Å². The van der Waals surface area contributed by atoms with E-state index >= 15 is 0 Å². The number of alkyl halides is 2. The molecule has 7 nitrogen and oxygen atoms in total. The molecule has 0 amide bonds. The minimum Gasteiger partial charge on any atom is -0.258 e. The van der Waals surface area contributed by atoms with Crippen molar-refractivity contribution in [3.63, 3.8) is 0 Å². The minimum atomic E-state index is -2.81. The predicted molar refractivity (Wildman–Crippen MR) is 58.1 cm³/mol. The van der Waals surface area contributed by atoms with Gasteiger partial charge in [0.15, 0.2) is 0 Å². The monoisotopic (exact) mass is 265 g/mol. The van der Waals surface area contributed by atoms with Gasteiger partial charge in [-0.25, -0.2) is 9.67 Å². The Bertz CT molecular complexity index is 677. The average Bonchev–Trinajstić information content (AvgIpc) is 2.87. The van der Waals surface area contributed by atoms with Crippen molar-refractivity contribution in [2.24, 2.45) is 0 Å². The van der Waals surface area contributed by atoms with Crippen LogP contribution in [-0.2, 0) is 0 Å². The minimum absolute atomic E-state index is 0.0694. The molecule has 0 N–H and O–H groups in total. The van der Waals surface area contributed by atoms with Crippen molar-refractivity contribution < 1.29 is 13.7 Å². The maximum absolute atomic E-state index is 12.4. The zero-order valence-electron chi connectivity index (χ0n) is 9.20. The average molecular weight is 265 g/mol. The van der Waals surface area contributed by atoms with E-state index in [0.717, 1.165) is 24.7 Å². The van der Waals surface area contributed by atoms with E-state index in [-0.39, 0.29) is 22.5 Å². The standard InChI is InChI=1S/C10H5F2N5O2/c11-10(12)16-5-7(3-15-16)9-6(2-13)1-8(4-14-9)17(18)19/h1,3-5,10H. The largest absolute Gasteiger partial charge is 0.333 e. The smallest absolute Gasteiger partial charge is 0.258 e. The highest BCUT2D eigenvalue weighted by Gasteiger charge is 2.16. The molecule has 2 aromatic rings. The Hall–Kier alpha value is -2.89. The summed E-state index contributed by atoms with van der Waals surface area (Å²) in [4.78, 5) is 13.6. The van der Waals surface area contributed by atoms with Gasteiger partial charge in [0.2, 0.25) is 0 Å². The first-order valence-electron chi connectivity index (χ1n) is 4.90. The summed E-state index contributed by atoms with van der Waals surface area (Å²) in [6.07, 6.45) is 3.08. The normalized spacial score (nSPS) is 10.4. The number of aromatic nitrogens is 3. The van der Waals surface area contributed by atoms with Crippen LogP contribution in [-0.4, -0.2) is 19.7 Å². The maximum atomic E-state index is 12.4. The van der Waals surface area contributed by atoms with Crippen molar-refractivity contribution >= 4 is 5.69 Å². The summed E-state index contributed by atoms with van der Waals surface area (Å²) in [5.41, 5.74) is -0.170. The van der Waals surface area contributed by atoms with Gasteiger partial charge in [-0.05, 0) is 0 Å². The molecule has 19 heavy (non-hydrogen) atoms. The summed E-state index contributed by atoms with van der Waals surface area (Å²) >= 11 is 0. The van der Waals surface area contributed by atoms with Gasteiger partial charge in [-0.3, -0.25) is 10.1 Å². The van der Waals surface area contributed by atoms with E-state index in [1.807, 2.05) is 0 Å². The molecule has 0 bridgehead atoms. The lowest BCUT2D eigenvalue weighted by Crippen LogP contribution is -1.97. The predicted octanol–water partition coefficient (Wildman–Crippen LogP) is 2.12. The fourth-order valence-corrected chi connectivity index (χ4v) is 1.44. The molecule has 2 heterocycles. The van der Waals surface area contributed by atoms with Crippen LogP contribution in [0, 0.1) is 21.4 Å². The fourth-order valence-electron chi connectivity index (χ4n) is 1.44. The maximum Gasteiger partial charge on any atom is 0.333 e. The van der Waals surface area contributed by atoms with Crippen LogP contribution in [0.3, 0.4) is 0 Å². The first-order valence-corrected chi connectivity index (χ1v) is 4.90. The zero-order valence-corrected chi connectivity index (χ0v) is 9.20. The van der Waals surface area contributed by atoms with Crippen molar-refractivity contribution in [2.45, 2.75) is 6.55 Å². The molecule has 0 saturated heterocycles. The van der Waals surface area contributed by atoms with Crippen LogP contribution in [0.5, 0.6) is 0 Å². The third-order valence-corrected chi connectivity index (χ3v) is 2.28. The van der Waals surface area contributed by atoms with Gasteiger partial charge in [0.05, 0.1) is 22.4 Å². The number of hydrogen-bond acceptors (Lipinski definition) is 5. The van der Waals surface area contributed by atoms with Crippen LogP contribution in [0.25, 0.3) is 11.3 Å². The van der Waals surface area contributed by atoms with Crippen LogP contribution in [0.1, 0.15) is 12.1 Å². The van der Waals surface area contributed by atoms with Crippen LogP contribution in [0.4, 0.5) is 14.5 Å². The van der Waals surface area contributed by atoms with E-state index in [1.54, 1.807) is 6.07 Å². The molecule has 2 rings (SSSR count). The van der Waals surface area contributed by atoms with E-state index in [1.165, 1.54) is 0 Å². The van der Waals surface area contributed by atoms with Crippen LogP contribution in [0.2, 0.25) is 0 Å². The summed E-state index contributed by atoms with van der Waals surface area (Å²) in [7, 11) is 0. The molecule has 9 heteroatoms. The van der Waals surface area contributed by atoms with Gasteiger partial charge in [0.1, 0.15) is 12.3 Å². The number of nitro groups is 1. The lowest BCUT2D eigenvalue weighted by molar-refractivity contribution is -0.385. The van der Waals surface area contributed by atoms with E-state index in [2.05, 4.69) is 10.1 Å². The number of nitrogens with zero attached hydrogens (tertiary/aromatic N) is 5. The molecular formula is C10H5F2N5O2. The summed E-state index contributed by atoms with van der Waals surface area (Å²) in [5.74, 6) is 0. The Balaban J connectivity index is 2.50. The van der Waals surface area contributed by atoms with Crippen LogP contribution < -0.4 is 0 Å². The molecule has 2 aromatic heterocycles. The molecule has 0 radical (unpaired) electrons. The second kappa shape index (κ2) is 4.77. The fraction of sp³-hybridized carbons (Fsp3) is 0.100. The quantitative estimate of drug-likeness (QED) is 0.625. The lowest BCUT2D eigenvalue weighted by Gasteiger charge is -1.99. The van der Waals surface area contributed by atoms with Crippen LogP contribution >= 0.6 is 0 Å². The van der Waals surface area contributed by atoms with Crippen molar-refractivity contribution in [1.29, 1.82) is 5.26 Å². The Morgan fingerprint density at radius 3 is 2.74 bits per heavy atom. The molecule has 0 aliphatic rings. The Morgan fingerprint density at radius 1 is 1.47 bits per heavy atom. The molecule has 0 saturated carbocycles. The highest BCUT2D eigenvalue weighted by atomic mass is 19.3. The van der Waals surface area contributed by atoms with E-state index in [9.17, 15) is 18.9 Å². The molecule has 0 fully saturated rings. The number of hydrogen-bond donors (Lipinski definition) is 0. The zero-order chi connectivity index (χ0) is 14.0. The first kappa shape index (κ1) is 12.6. The molecule has 0 aromatic carbocycles. The molecule has 0 aliphatic heterocycles. The number of rotatable bonds is 3. The first-order chi connectivity index (χ1) is 9.02. The topological polar surface area (TPSA) is 97.6 Å². The number of pyridine rings is 1. The van der Waals surface area contributed by atoms with Gasteiger partial charge in [-0.1, -0.05) is 0 Å². The van der Waals surface area contributed by atoms with Crippen molar-refractivity contribution in [2.75, 3.05) is 0 Å². The second-order valence-corrected chi connectivity index (χ2v) is 3.45. The van der Waals surface area contributed by atoms with Gasteiger partial charge in [-0.2, -0.15) is 19.1 Å². The van der Waals surface area contributed by atoms with E-state index in [4.69, 9.17) is 5.26 Å². The summed E-state index contributed by atoms with van der Waals surface area (Å²) in [5, 5.41) is 22.9. The van der Waals surface area contributed by atoms with Gasteiger partial charge < -0.3 is 0 Å². The number of halogens is 2. The van der Waals surface area contributed by atoms with Crippen molar-refractivity contribution in [3.8, 4) is 17.3 Å². The molecule has 0 spiro atoms. The highest BCUT2D eigenvalue weighted by Crippen LogP contribution is 2.24. The Kier molecular flexibility index (Phi) is 3.15. The van der Waals surface area contributed by atoms with Gasteiger partial charge >= 0.3 is 6.55 Å². The molecule has 0 aliphatic carbocycles. The summed E-state index contributed by atoms with van der Waals surface area (Å²) in [6.45, 7) is -2.81. The third-order valence-electron chi connectivity index (χ3n) is 2.28. The third kappa shape index (κ3) is 2.37. The summed E-state index contributed by atoms with van der Waals surface area (Å²) in [6, 6.07) is 2.77. The Morgan fingerprint density at radius 2 is 2.21 bits per heavy atom. The van der Waals surface area contributed by atoms with E-state index < -0.39 is 11.5 Å².